The zero-order chi connectivity index (χ0) is 37.1. The van der Waals surface area contributed by atoms with E-state index in [4.69, 9.17) is 9.47 Å². The molecule has 0 unspecified atom stereocenters. The van der Waals surface area contributed by atoms with E-state index in [9.17, 15) is 24.0 Å². The molecule has 3 aromatic carbocycles. The highest BCUT2D eigenvalue weighted by molar-refractivity contribution is 5.99. The summed E-state index contributed by atoms with van der Waals surface area (Å²) in [6.45, 7) is 7.96. The SMILES string of the molecule is CC(C)C[C@H](NC(=O)[C@H](CCc1ccccc1)NC(=O)CCCCN1CCOCC1)C(=O)N[C@@H](Cc1ccccc1)C(=O)OC(=O)c1ccccc1. The average Bonchev–Trinajstić information content (AvgIpc) is 3.15. The lowest BCUT2D eigenvalue weighted by atomic mass is 10.00. The smallest absolute Gasteiger partial charge is 0.345 e. The van der Waals surface area contributed by atoms with E-state index >= 15 is 0 Å². The molecular formula is C41H52N4O7. The summed E-state index contributed by atoms with van der Waals surface area (Å²) in [6.07, 6.45) is 3.02. The maximum absolute atomic E-state index is 13.9. The van der Waals surface area contributed by atoms with E-state index in [1.165, 1.54) is 12.1 Å². The number of carbonyl (C=O) groups excluding carboxylic acids is 5. The molecule has 0 saturated carbocycles. The van der Waals surface area contributed by atoms with Gasteiger partial charge >= 0.3 is 11.9 Å². The highest BCUT2D eigenvalue weighted by Crippen LogP contribution is 2.12. The van der Waals surface area contributed by atoms with Crippen molar-refractivity contribution in [3.63, 3.8) is 0 Å². The number of carbonyl (C=O) groups is 5. The highest BCUT2D eigenvalue weighted by atomic mass is 16.6. The van der Waals surface area contributed by atoms with Crippen LogP contribution in [0.2, 0.25) is 0 Å². The zero-order valence-electron chi connectivity index (χ0n) is 30.3. The Morgan fingerprint density at radius 3 is 1.92 bits per heavy atom. The number of esters is 2. The molecule has 52 heavy (non-hydrogen) atoms. The number of amides is 3. The van der Waals surface area contributed by atoms with E-state index in [0.29, 0.717) is 19.3 Å². The Kier molecular flexibility index (Phi) is 16.5. The molecule has 3 atom stereocenters. The van der Waals surface area contributed by atoms with Crippen molar-refractivity contribution in [2.24, 2.45) is 5.92 Å². The summed E-state index contributed by atoms with van der Waals surface area (Å²) in [5, 5.41) is 8.55. The fourth-order valence-corrected chi connectivity index (χ4v) is 6.02. The van der Waals surface area contributed by atoms with Crippen LogP contribution in [0.15, 0.2) is 91.0 Å². The summed E-state index contributed by atoms with van der Waals surface area (Å²) in [5.41, 5.74) is 1.96. The van der Waals surface area contributed by atoms with Crippen molar-refractivity contribution < 1.29 is 33.4 Å². The van der Waals surface area contributed by atoms with E-state index < -0.39 is 41.9 Å². The summed E-state index contributed by atoms with van der Waals surface area (Å²) in [6, 6.07) is 23.8. The molecule has 1 aliphatic rings. The minimum atomic E-state index is -1.21. The van der Waals surface area contributed by atoms with Crippen molar-refractivity contribution in [1.29, 1.82) is 0 Å². The quantitative estimate of drug-likeness (QED) is 0.0952. The molecule has 0 radical (unpaired) electrons. The molecule has 3 aromatic rings. The van der Waals surface area contributed by atoms with E-state index in [1.807, 2.05) is 74.5 Å². The Morgan fingerprint density at radius 2 is 1.29 bits per heavy atom. The lowest BCUT2D eigenvalue weighted by Gasteiger charge is -2.26. The Balaban J connectivity index is 1.44. The van der Waals surface area contributed by atoms with E-state index in [1.54, 1.807) is 18.2 Å². The van der Waals surface area contributed by atoms with Crippen LogP contribution in [0.3, 0.4) is 0 Å². The molecule has 278 valence electrons. The highest BCUT2D eigenvalue weighted by Gasteiger charge is 2.32. The number of hydrogen-bond acceptors (Lipinski definition) is 8. The molecular weight excluding hydrogens is 660 g/mol. The maximum atomic E-state index is 13.9. The average molecular weight is 713 g/mol. The Labute approximate surface area is 306 Å². The normalized spacial score (nSPS) is 14.8. The van der Waals surface area contributed by atoms with E-state index in [2.05, 4.69) is 20.9 Å². The van der Waals surface area contributed by atoms with Gasteiger partial charge in [-0.15, -0.1) is 0 Å². The molecule has 1 fully saturated rings. The number of rotatable bonds is 19. The second-order valence-electron chi connectivity index (χ2n) is 13.6. The standard InChI is InChI=1S/C41H52N4O7/c1-30(2)28-35(39(48)44-36(29-32-16-8-4-9-17-32)41(50)52-40(49)33-18-10-5-11-19-33)43-38(47)34(22-21-31-14-6-3-7-15-31)42-37(46)20-12-13-23-45-24-26-51-27-25-45/h3-11,14-19,30,34-36H,12-13,20-29H2,1-2H3,(H,42,46)(H,43,47)(H,44,48)/t34-,35-,36-/m0/s1. The van der Waals surface area contributed by atoms with Gasteiger partial charge in [-0.1, -0.05) is 92.7 Å². The second-order valence-corrected chi connectivity index (χ2v) is 13.6. The molecule has 1 saturated heterocycles. The van der Waals surface area contributed by atoms with Crippen molar-refractivity contribution in [2.45, 2.75) is 76.9 Å². The molecule has 1 heterocycles. The number of nitrogens with zero attached hydrogens (tertiary/aromatic N) is 1. The Morgan fingerprint density at radius 1 is 0.712 bits per heavy atom. The van der Waals surface area contributed by atoms with Gasteiger partial charge in [-0.2, -0.15) is 0 Å². The van der Waals surface area contributed by atoms with E-state index in [0.717, 1.165) is 50.4 Å². The van der Waals surface area contributed by atoms with Gasteiger partial charge in [-0.25, -0.2) is 9.59 Å². The molecule has 11 heteroatoms. The molecule has 3 N–H and O–H groups in total. The van der Waals surface area contributed by atoms with Gasteiger partial charge in [-0.05, 0) is 67.8 Å². The van der Waals surface area contributed by atoms with Crippen LogP contribution >= 0.6 is 0 Å². The molecule has 4 rings (SSSR count). The minimum Gasteiger partial charge on any atom is -0.388 e. The van der Waals surface area contributed by atoms with Crippen LogP contribution in [0.5, 0.6) is 0 Å². The van der Waals surface area contributed by atoms with Gasteiger partial charge in [0.25, 0.3) is 0 Å². The summed E-state index contributed by atoms with van der Waals surface area (Å²) >= 11 is 0. The summed E-state index contributed by atoms with van der Waals surface area (Å²) in [7, 11) is 0. The van der Waals surface area contributed by atoms with Crippen molar-refractivity contribution >= 4 is 29.7 Å². The second kappa shape index (κ2) is 21.5. The molecule has 1 aliphatic heterocycles. The van der Waals surface area contributed by atoms with Crippen molar-refractivity contribution in [3.8, 4) is 0 Å². The van der Waals surface area contributed by atoms with Crippen LogP contribution in [-0.4, -0.2) is 85.5 Å². The minimum absolute atomic E-state index is 0.000871. The summed E-state index contributed by atoms with van der Waals surface area (Å²) < 4.78 is 10.6. The van der Waals surface area contributed by atoms with Crippen molar-refractivity contribution in [1.82, 2.24) is 20.9 Å². The van der Waals surface area contributed by atoms with Gasteiger partial charge < -0.3 is 25.4 Å². The van der Waals surface area contributed by atoms with Crippen LogP contribution in [-0.2, 0) is 41.5 Å². The summed E-state index contributed by atoms with van der Waals surface area (Å²) in [5.74, 6) is -3.05. The lowest BCUT2D eigenvalue weighted by molar-refractivity contribution is -0.143. The number of benzene rings is 3. The van der Waals surface area contributed by atoms with Gasteiger partial charge in [-0.3, -0.25) is 19.3 Å². The largest absolute Gasteiger partial charge is 0.388 e. The van der Waals surface area contributed by atoms with Crippen LogP contribution in [0.4, 0.5) is 0 Å². The molecule has 0 spiro atoms. The third kappa shape index (κ3) is 14.0. The van der Waals surface area contributed by atoms with Gasteiger partial charge in [0, 0.05) is 25.9 Å². The van der Waals surface area contributed by atoms with Crippen LogP contribution in [0, 0.1) is 5.92 Å². The monoisotopic (exact) mass is 712 g/mol. The third-order valence-electron chi connectivity index (χ3n) is 8.87. The number of nitrogens with one attached hydrogen (secondary N) is 3. The predicted octanol–water partition coefficient (Wildman–Crippen LogP) is 4.25. The fourth-order valence-electron chi connectivity index (χ4n) is 6.02. The first kappa shape index (κ1) is 39.9. The van der Waals surface area contributed by atoms with Crippen molar-refractivity contribution in [3.05, 3.63) is 108 Å². The van der Waals surface area contributed by atoms with Gasteiger partial charge in [0.05, 0.1) is 18.8 Å². The maximum Gasteiger partial charge on any atom is 0.345 e. The first-order chi connectivity index (χ1) is 25.2. The molecule has 0 aromatic heterocycles. The van der Waals surface area contributed by atoms with Crippen LogP contribution in [0.25, 0.3) is 0 Å². The number of morpholine rings is 1. The molecule has 3 amide bonds. The topological polar surface area (TPSA) is 143 Å². The lowest BCUT2D eigenvalue weighted by Crippen LogP contribution is -2.56. The van der Waals surface area contributed by atoms with Crippen LogP contribution < -0.4 is 16.0 Å². The molecule has 11 nitrogen and oxygen atoms in total. The van der Waals surface area contributed by atoms with Gasteiger partial charge in [0.15, 0.2) is 0 Å². The Bertz CT molecular complexity index is 1560. The molecule has 0 aliphatic carbocycles. The molecule has 0 bridgehead atoms. The Hall–Kier alpha value is -4.87. The number of hydrogen-bond donors (Lipinski definition) is 3. The summed E-state index contributed by atoms with van der Waals surface area (Å²) in [4.78, 5) is 69.3. The number of aryl methyl sites for hydroxylation is 1. The van der Waals surface area contributed by atoms with Crippen LogP contribution in [0.1, 0.15) is 67.4 Å². The number of unbranched alkanes of at least 4 members (excludes halogenated alkanes) is 1. The predicted molar refractivity (Wildman–Crippen MR) is 198 cm³/mol. The van der Waals surface area contributed by atoms with Gasteiger partial charge in [0.1, 0.15) is 18.1 Å². The van der Waals surface area contributed by atoms with Gasteiger partial charge in [0.2, 0.25) is 17.7 Å². The number of ether oxygens (including phenoxy) is 2. The van der Waals surface area contributed by atoms with Crippen molar-refractivity contribution in [2.75, 3.05) is 32.8 Å². The fraction of sp³-hybridized carbons (Fsp3) is 0.439. The zero-order valence-corrected chi connectivity index (χ0v) is 30.3. The first-order valence-corrected chi connectivity index (χ1v) is 18.3. The first-order valence-electron chi connectivity index (χ1n) is 18.3. The van der Waals surface area contributed by atoms with E-state index in [-0.39, 0.29) is 36.7 Å². The third-order valence-corrected chi connectivity index (χ3v) is 8.87.